The molecule has 3 rings (SSSR count). The van der Waals surface area contributed by atoms with Crippen LogP contribution in [-0.4, -0.2) is 13.1 Å². The third-order valence-corrected chi connectivity index (χ3v) is 4.39. The molecule has 0 N–H and O–H groups in total. The van der Waals surface area contributed by atoms with Gasteiger partial charge < -0.3 is 4.90 Å². The lowest BCUT2D eigenvalue weighted by atomic mass is 10.1. The number of anilines is 1. The van der Waals surface area contributed by atoms with Crippen LogP contribution in [0.5, 0.6) is 0 Å². The smallest absolute Gasteiger partial charge is 0.0513 e. The van der Waals surface area contributed by atoms with Crippen LogP contribution >= 0.6 is 15.9 Å². The summed E-state index contributed by atoms with van der Waals surface area (Å²) in [5.74, 6) is 0.858. The predicted octanol–water partition coefficient (Wildman–Crippen LogP) is 4.32. The highest BCUT2D eigenvalue weighted by Crippen LogP contribution is 2.42. The Kier molecular flexibility index (Phi) is 2.93. The van der Waals surface area contributed by atoms with E-state index in [0.29, 0.717) is 0 Å². The molecule has 1 aliphatic heterocycles. The second kappa shape index (κ2) is 4.40. The van der Waals surface area contributed by atoms with Gasteiger partial charge in [0.15, 0.2) is 0 Å². The van der Waals surface area contributed by atoms with Crippen molar-refractivity contribution in [3.63, 3.8) is 0 Å². The monoisotopic (exact) mass is 279 g/mol. The zero-order valence-electron chi connectivity index (χ0n) is 9.58. The van der Waals surface area contributed by atoms with Gasteiger partial charge in [-0.25, -0.2) is 0 Å². The van der Waals surface area contributed by atoms with Crippen molar-refractivity contribution in [2.45, 2.75) is 38.0 Å². The van der Waals surface area contributed by atoms with E-state index < -0.39 is 0 Å². The number of halogens is 1. The SMILES string of the molecule is Brc1ccc(C2CC2)cc1N1CCCCC1. The van der Waals surface area contributed by atoms with Gasteiger partial charge in [0, 0.05) is 17.6 Å². The molecule has 0 radical (unpaired) electrons. The second-order valence-corrected chi connectivity index (χ2v) is 5.89. The molecular weight excluding hydrogens is 262 g/mol. The fourth-order valence-corrected chi connectivity index (χ4v) is 3.07. The molecule has 0 atom stereocenters. The molecule has 1 heterocycles. The Morgan fingerprint density at radius 3 is 2.50 bits per heavy atom. The highest BCUT2D eigenvalue weighted by molar-refractivity contribution is 9.10. The maximum atomic E-state index is 3.69. The minimum Gasteiger partial charge on any atom is -0.371 e. The fourth-order valence-electron chi connectivity index (χ4n) is 2.58. The van der Waals surface area contributed by atoms with Crippen molar-refractivity contribution in [1.82, 2.24) is 0 Å². The molecule has 1 saturated carbocycles. The summed E-state index contributed by atoms with van der Waals surface area (Å²) in [5, 5.41) is 0. The van der Waals surface area contributed by atoms with Crippen LogP contribution in [0.3, 0.4) is 0 Å². The molecular formula is C14H18BrN. The predicted molar refractivity (Wildman–Crippen MR) is 72.2 cm³/mol. The fraction of sp³-hybridized carbons (Fsp3) is 0.571. The summed E-state index contributed by atoms with van der Waals surface area (Å²) in [4.78, 5) is 2.54. The van der Waals surface area contributed by atoms with Crippen molar-refractivity contribution in [3.8, 4) is 0 Å². The van der Waals surface area contributed by atoms with E-state index in [0.717, 1.165) is 5.92 Å². The highest BCUT2D eigenvalue weighted by atomic mass is 79.9. The van der Waals surface area contributed by atoms with Gasteiger partial charge in [-0.1, -0.05) is 6.07 Å². The molecule has 1 aromatic rings. The Hall–Kier alpha value is -0.500. The van der Waals surface area contributed by atoms with E-state index in [4.69, 9.17) is 0 Å². The number of rotatable bonds is 2. The van der Waals surface area contributed by atoms with Gasteiger partial charge in [-0.3, -0.25) is 0 Å². The summed E-state index contributed by atoms with van der Waals surface area (Å²) >= 11 is 3.69. The number of benzene rings is 1. The molecule has 0 aromatic heterocycles. The van der Waals surface area contributed by atoms with Crippen LogP contribution in [-0.2, 0) is 0 Å². The topological polar surface area (TPSA) is 3.24 Å². The number of piperidine rings is 1. The summed E-state index contributed by atoms with van der Waals surface area (Å²) in [6, 6.07) is 6.93. The summed E-state index contributed by atoms with van der Waals surface area (Å²) in [6.07, 6.45) is 6.87. The van der Waals surface area contributed by atoms with Crippen LogP contribution in [0.15, 0.2) is 22.7 Å². The minimum atomic E-state index is 0.858. The minimum absolute atomic E-state index is 0.858. The summed E-state index contributed by atoms with van der Waals surface area (Å²) in [6.45, 7) is 2.46. The molecule has 0 unspecified atom stereocenters. The molecule has 16 heavy (non-hydrogen) atoms. The number of hydrogen-bond acceptors (Lipinski definition) is 1. The molecule has 0 bridgehead atoms. The molecule has 1 nitrogen and oxygen atoms in total. The van der Waals surface area contributed by atoms with Crippen molar-refractivity contribution in [2.75, 3.05) is 18.0 Å². The Morgan fingerprint density at radius 2 is 1.81 bits per heavy atom. The second-order valence-electron chi connectivity index (χ2n) is 5.03. The lowest BCUT2D eigenvalue weighted by Crippen LogP contribution is -2.29. The lowest BCUT2D eigenvalue weighted by Gasteiger charge is -2.30. The average molecular weight is 280 g/mol. The Bertz CT molecular complexity index is 378. The summed E-state index contributed by atoms with van der Waals surface area (Å²) in [5.41, 5.74) is 2.97. The van der Waals surface area contributed by atoms with Crippen molar-refractivity contribution < 1.29 is 0 Å². The van der Waals surface area contributed by atoms with Gasteiger partial charge in [0.2, 0.25) is 0 Å². The van der Waals surface area contributed by atoms with Gasteiger partial charge in [0.05, 0.1) is 5.69 Å². The van der Waals surface area contributed by atoms with Crippen LogP contribution in [0.1, 0.15) is 43.6 Å². The molecule has 1 aliphatic carbocycles. The number of hydrogen-bond donors (Lipinski definition) is 0. The first kappa shape index (κ1) is 10.6. The normalized spacial score (nSPS) is 21.2. The van der Waals surface area contributed by atoms with Gasteiger partial charge >= 0.3 is 0 Å². The third kappa shape index (κ3) is 2.13. The Labute approximate surface area is 106 Å². The molecule has 1 aromatic carbocycles. The van der Waals surface area contributed by atoms with Crippen LogP contribution in [0.2, 0.25) is 0 Å². The average Bonchev–Trinajstić information content (AvgIpc) is 3.15. The van der Waals surface area contributed by atoms with Gasteiger partial charge in [0.1, 0.15) is 0 Å². The van der Waals surface area contributed by atoms with E-state index in [1.165, 1.54) is 55.4 Å². The molecule has 1 saturated heterocycles. The molecule has 86 valence electrons. The van der Waals surface area contributed by atoms with E-state index in [9.17, 15) is 0 Å². The zero-order valence-corrected chi connectivity index (χ0v) is 11.2. The van der Waals surface area contributed by atoms with Crippen molar-refractivity contribution in [3.05, 3.63) is 28.2 Å². The van der Waals surface area contributed by atoms with Crippen LogP contribution < -0.4 is 4.90 Å². The molecule has 2 heteroatoms. The standard InChI is InChI=1S/C14H18BrN/c15-13-7-6-12(11-4-5-11)10-14(13)16-8-2-1-3-9-16/h6-7,10-11H,1-5,8-9H2. The first-order valence-electron chi connectivity index (χ1n) is 6.39. The van der Waals surface area contributed by atoms with Gasteiger partial charge in [-0.2, -0.15) is 0 Å². The summed E-state index contributed by atoms with van der Waals surface area (Å²) < 4.78 is 1.26. The van der Waals surface area contributed by atoms with Crippen molar-refractivity contribution in [2.24, 2.45) is 0 Å². The van der Waals surface area contributed by atoms with E-state index >= 15 is 0 Å². The van der Waals surface area contributed by atoms with Crippen molar-refractivity contribution in [1.29, 1.82) is 0 Å². The highest BCUT2D eigenvalue weighted by Gasteiger charge is 2.24. The van der Waals surface area contributed by atoms with E-state index in [1.807, 2.05) is 0 Å². The zero-order chi connectivity index (χ0) is 11.0. The maximum absolute atomic E-state index is 3.69. The first-order chi connectivity index (χ1) is 7.84. The largest absolute Gasteiger partial charge is 0.371 e. The van der Waals surface area contributed by atoms with Crippen LogP contribution in [0.25, 0.3) is 0 Å². The van der Waals surface area contributed by atoms with Gasteiger partial charge in [0.25, 0.3) is 0 Å². The quantitative estimate of drug-likeness (QED) is 0.780. The third-order valence-electron chi connectivity index (χ3n) is 3.72. The number of nitrogens with zero attached hydrogens (tertiary/aromatic N) is 1. The van der Waals surface area contributed by atoms with E-state index in [1.54, 1.807) is 5.56 Å². The molecule has 0 spiro atoms. The van der Waals surface area contributed by atoms with Crippen LogP contribution in [0, 0.1) is 0 Å². The van der Waals surface area contributed by atoms with Crippen LogP contribution in [0.4, 0.5) is 5.69 Å². The van der Waals surface area contributed by atoms with E-state index in [2.05, 4.69) is 39.0 Å². The maximum Gasteiger partial charge on any atom is 0.0513 e. The van der Waals surface area contributed by atoms with E-state index in [-0.39, 0.29) is 0 Å². The lowest BCUT2D eigenvalue weighted by molar-refractivity contribution is 0.577. The first-order valence-corrected chi connectivity index (χ1v) is 7.18. The summed E-state index contributed by atoms with van der Waals surface area (Å²) in [7, 11) is 0. The Morgan fingerprint density at radius 1 is 1.06 bits per heavy atom. The van der Waals surface area contributed by atoms with Crippen molar-refractivity contribution >= 4 is 21.6 Å². The molecule has 0 amide bonds. The van der Waals surface area contributed by atoms with Gasteiger partial charge in [-0.15, -0.1) is 0 Å². The van der Waals surface area contributed by atoms with Gasteiger partial charge in [-0.05, 0) is 71.6 Å². The molecule has 2 aliphatic rings. The Balaban J connectivity index is 1.88. The molecule has 2 fully saturated rings.